The maximum absolute atomic E-state index is 11.8. The van der Waals surface area contributed by atoms with Crippen LogP contribution in [-0.2, 0) is 42.9 Å². The highest BCUT2D eigenvalue weighted by molar-refractivity contribution is 5.76. The normalized spacial score (nSPS) is 34.3. The van der Waals surface area contributed by atoms with Crippen molar-refractivity contribution >= 4 is 23.8 Å². The van der Waals surface area contributed by atoms with Crippen molar-refractivity contribution < 1.29 is 42.9 Å². The summed E-state index contributed by atoms with van der Waals surface area (Å²) >= 11 is 0. The molecule has 0 spiro atoms. The predicted octanol–water partition coefficient (Wildman–Crippen LogP) is -0.959. The summed E-state index contributed by atoms with van der Waals surface area (Å²) in [6.45, 7) is 4.96. The molecule has 0 aromatic carbocycles. The number of fused-ring (bicyclic) bond motifs is 1. The van der Waals surface area contributed by atoms with E-state index in [9.17, 15) is 19.2 Å². The van der Waals surface area contributed by atoms with Crippen LogP contribution >= 0.6 is 0 Å². The van der Waals surface area contributed by atoms with Crippen molar-refractivity contribution in [1.82, 2.24) is 5.32 Å². The summed E-state index contributed by atoms with van der Waals surface area (Å²) in [4.78, 5) is 45.8. The molecule has 10 heteroatoms. The standard InChI is InChI=1S/C15H21NO9/c1-6-14(20)25-12-10(5-21-8(3)18)24-15(23-9(4)19)11(13(12)22-6)16-7(2)17/h6,10-13,15H,5H2,1-4H3,(H,16,17)/t6-,10-,11-,12-,13-,15+/m1/s1. The lowest BCUT2D eigenvalue weighted by Crippen LogP contribution is -2.69. The Kier molecular flexibility index (Phi) is 5.96. The van der Waals surface area contributed by atoms with Gasteiger partial charge in [0.25, 0.3) is 0 Å². The Labute approximate surface area is 144 Å². The lowest BCUT2D eigenvalue weighted by atomic mass is 9.95. The molecular formula is C15H21NO9. The second kappa shape index (κ2) is 7.79. The summed E-state index contributed by atoms with van der Waals surface area (Å²) in [5, 5.41) is 2.59. The number of hydrogen-bond donors (Lipinski definition) is 1. The molecule has 2 aliphatic heterocycles. The highest BCUT2D eigenvalue weighted by Crippen LogP contribution is 2.31. The van der Waals surface area contributed by atoms with Gasteiger partial charge < -0.3 is 29.0 Å². The van der Waals surface area contributed by atoms with E-state index in [4.69, 9.17) is 23.7 Å². The number of rotatable bonds is 4. The van der Waals surface area contributed by atoms with E-state index < -0.39 is 60.6 Å². The summed E-state index contributed by atoms with van der Waals surface area (Å²) in [5.74, 6) is -2.20. The van der Waals surface area contributed by atoms with Crippen LogP contribution in [0.4, 0.5) is 0 Å². The third kappa shape index (κ3) is 4.67. The lowest BCUT2D eigenvalue weighted by Gasteiger charge is -2.47. The number of amides is 1. The zero-order chi connectivity index (χ0) is 18.7. The van der Waals surface area contributed by atoms with E-state index in [2.05, 4.69) is 5.32 Å². The third-order valence-electron chi connectivity index (χ3n) is 3.69. The molecule has 0 radical (unpaired) electrons. The lowest BCUT2D eigenvalue weighted by molar-refractivity contribution is -0.295. The van der Waals surface area contributed by atoms with E-state index in [1.165, 1.54) is 27.7 Å². The molecule has 140 valence electrons. The average molecular weight is 359 g/mol. The quantitative estimate of drug-likeness (QED) is 0.499. The molecular weight excluding hydrogens is 338 g/mol. The van der Waals surface area contributed by atoms with Crippen molar-refractivity contribution in [2.45, 2.75) is 64.4 Å². The van der Waals surface area contributed by atoms with Crippen LogP contribution in [0.1, 0.15) is 27.7 Å². The molecule has 0 saturated carbocycles. The molecule has 0 aliphatic carbocycles. The molecule has 6 atom stereocenters. The van der Waals surface area contributed by atoms with Gasteiger partial charge in [0, 0.05) is 20.8 Å². The van der Waals surface area contributed by atoms with Crippen molar-refractivity contribution in [3.05, 3.63) is 0 Å². The second-order valence-electron chi connectivity index (χ2n) is 5.83. The van der Waals surface area contributed by atoms with Crippen molar-refractivity contribution in [3.63, 3.8) is 0 Å². The molecule has 25 heavy (non-hydrogen) atoms. The summed E-state index contributed by atoms with van der Waals surface area (Å²) in [7, 11) is 0. The third-order valence-corrected chi connectivity index (χ3v) is 3.69. The van der Waals surface area contributed by atoms with Crippen LogP contribution in [-0.4, -0.2) is 67.2 Å². The van der Waals surface area contributed by atoms with Gasteiger partial charge >= 0.3 is 17.9 Å². The zero-order valence-electron chi connectivity index (χ0n) is 14.3. The van der Waals surface area contributed by atoms with Crippen LogP contribution in [0, 0.1) is 0 Å². The van der Waals surface area contributed by atoms with E-state index in [0.29, 0.717) is 0 Å². The van der Waals surface area contributed by atoms with E-state index in [-0.39, 0.29) is 6.61 Å². The van der Waals surface area contributed by atoms with Gasteiger partial charge in [-0.05, 0) is 6.92 Å². The minimum atomic E-state index is -1.19. The van der Waals surface area contributed by atoms with E-state index >= 15 is 0 Å². The fourth-order valence-electron chi connectivity index (χ4n) is 2.71. The van der Waals surface area contributed by atoms with Crippen LogP contribution in [0.15, 0.2) is 0 Å². The Bertz CT molecular complexity index is 563. The first kappa shape index (κ1) is 19.1. The highest BCUT2D eigenvalue weighted by atomic mass is 16.7. The number of esters is 3. The van der Waals surface area contributed by atoms with E-state index in [1.807, 2.05) is 0 Å². The number of nitrogens with one attached hydrogen (secondary N) is 1. The molecule has 0 aromatic heterocycles. The molecule has 0 unspecified atom stereocenters. The van der Waals surface area contributed by atoms with Gasteiger partial charge in [-0.15, -0.1) is 0 Å². The first-order valence-corrected chi connectivity index (χ1v) is 7.78. The van der Waals surface area contributed by atoms with Crippen molar-refractivity contribution in [2.24, 2.45) is 0 Å². The number of hydrogen-bond acceptors (Lipinski definition) is 9. The van der Waals surface area contributed by atoms with Crippen molar-refractivity contribution in [2.75, 3.05) is 6.61 Å². The van der Waals surface area contributed by atoms with Crippen LogP contribution in [0.3, 0.4) is 0 Å². The molecule has 2 heterocycles. The van der Waals surface area contributed by atoms with E-state index in [1.54, 1.807) is 0 Å². The Morgan fingerprint density at radius 1 is 1.08 bits per heavy atom. The molecule has 0 aromatic rings. The fourth-order valence-corrected chi connectivity index (χ4v) is 2.71. The number of carbonyl (C=O) groups excluding carboxylic acids is 4. The number of ether oxygens (including phenoxy) is 5. The van der Waals surface area contributed by atoms with Gasteiger partial charge in [0.1, 0.15) is 24.9 Å². The zero-order valence-corrected chi connectivity index (χ0v) is 14.3. The molecule has 0 bridgehead atoms. The monoisotopic (exact) mass is 359 g/mol. The van der Waals surface area contributed by atoms with Gasteiger partial charge in [0.05, 0.1) is 0 Å². The highest BCUT2D eigenvalue weighted by Gasteiger charge is 2.54. The first-order valence-electron chi connectivity index (χ1n) is 7.78. The first-order chi connectivity index (χ1) is 11.7. The summed E-state index contributed by atoms with van der Waals surface area (Å²) in [5.41, 5.74) is 0. The Balaban J connectivity index is 2.29. The fraction of sp³-hybridized carbons (Fsp3) is 0.733. The SMILES string of the molecule is CC(=O)N[C@H]1[C@@H](OC(C)=O)O[C@H](COC(C)=O)[C@H]2OC(=O)[C@@H](C)O[C@H]12. The molecule has 10 nitrogen and oxygen atoms in total. The van der Waals surface area contributed by atoms with Gasteiger partial charge in [-0.1, -0.05) is 0 Å². The number of carbonyl (C=O) groups is 4. The summed E-state index contributed by atoms with van der Waals surface area (Å²) in [6, 6.07) is -0.893. The maximum atomic E-state index is 11.8. The summed E-state index contributed by atoms with van der Waals surface area (Å²) in [6.07, 6.45) is -4.75. The maximum Gasteiger partial charge on any atom is 0.335 e. The van der Waals surface area contributed by atoms with E-state index in [0.717, 1.165) is 0 Å². The molecule has 2 saturated heterocycles. The van der Waals surface area contributed by atoms with Crippen LogP contribution in [0.5, 0.6) is 0 Å². The smallest absolute Gasteiger partial charge is 0.335 e. The van der Waals surface area contributed by atoms with Gasteiger partial charge in [0.2, 0.25) is 12.2 Å². The molecule has 2 fully saturated rings. The summed E-state index contributed by atoms with van der Waals surface area (Å²) < 4.78 is 26.7. The minimum Gasteiger partial charge on any atom is -0.463 e. The van der Waals surface area contributed by atoms with Gasteiger partial charge in [-0.2, -0.15) is 0 Å². The largest absolute Gasteiger partial charge is 0.463 e. The van der Waals surface area contributed by atoms with Gasteiger partial charge in [0.15, 0.2) is 12.2 Å². The van der Waals surface area contributed by atoms with Crippen LogP contribution in [0.25, 0.3) is 0 Å². The second-order valence-corrected chi connectivity index (χ2v) is 5.83. The van der Waals surface area contributed by atoms with Crippen LogP contribution < -0.4 is 5.32 Å². The molecule has 1 N–H and O–H groups in total. The Morgan fingerprint density at radius 2 is 1.76 bits per heavy atom. The van der Waals surface area contributed by atoms with Gasteiger partial charge in [-0.3, -0.25) is 14.4 Å². The Hall–Kier alpha value is -2.20. The molecule has 2 aliphatic rings. The predicted molar refractivity (Wildman–Crippen MR) is 78.9 cm³/mol. The molecule has 1 amide bonds. The van der Waals surface area contributed by atoms with Gasteiger partial charge in [-0.25, -0.2) is 4.79 Å². The minimum absolute atomic E-state index is 0.230. The Morgan fingerprint density at radius 3 is 2.32 bits per heavy atom. The van der Waals surface area contributed by atoms with Crippen molar-refractivity contribution in [1.29, 1.82) is 0 Å². The van der Waals surface area contributed by atoms with Crippen molar-refractivity contribution in [3.8, 4) is 0 Å². The average Bonchev–Trinajstić information content (AvgIpc) is 2.49. The topological polar surface area (TPSA) is 126 Å². The van der Waals surface area contributed by atoms with Crippen LogP contribution in [0.2, 0.25) is 0 Å². The molecule has 2 rings (SSSR count).